The lowest BCUT2D eigenvalue weighted by molar-refractivity contribution is -0.120. The molecule has 11 heteroatoms. The van der Waals surface area contributed by atoms with Crippen molar-refractivity contribution in [2.45, 2.75) is 31.6 Å². The van der Waals surface area contributed by atoms with Gasteiger partial charge >= 0.3 is 0 Å². The number of benzene rings is 1. The Kier molecular flexibility index (Phi) is 7.80. The molecule has 9 nitrogen and oxygen atoms in total. The van der Waals surface area contributed by atoms with Crippen LogP contribution in [0.3, 0.4) is 0 Å². The van der Waals surface area contributed by atoms with Crippen LogP contribution < -0.4 is 5.32 Å². The molecule has 0 spiro atoms. The molecule has 0 aliphatic carbocycles. The molecule has 2 rings (SSSR count). The minimum atomic E-state index is -3.56. The molecule has 0 saturated carbocycles. The highest BCUT2D eigenvalue weighted by Gasteiger charge is 2.33. The number of carbonyl (C=O) groups is 1. The van der Waals surface area contributed by atoms with E-state index in [9.17, 15) is 21.6 Å². The molecule has 1 saturated heterocycles. The third kappa shape index (κ3) is 5.34. The molecule has 1 atom stereocenters. The summed E-state index contributed by atoms with van der Waals surface area (Å²) in [7, 11) is -4.19. The van der Waals surface area contributed by atoms with Crippen molar-refractivity contribution in [3.63, 3.8) is 0 Å². The second kappa shape index (κ2) is 9.52. The number of amides is 1. The fourth-order valence-electron chi connectivity index (χ4n) is 3.26. The van der Waals surface area contributed by atoms with Gasteiger partial charge in [0.25, 0.3) is 10.2 Å². The lowest BCUT2D eigenvalue weighted by Crippen LogP contribution is -2.47. The Morgan fingerprint density at radius 3 is 2.21 bits per heavy atom. The highest BCUT2D eigenvalue weighted by Crippen LogP contribution is 2.23. The molecule has 1 N–H and O–H groups in total. The SMILES string of the molecule is CCN(CC)S(=O)(=O)c1ccc(NC(=O)[C@@H]2CCCN(S(=O)(=O)N(C)C)C2)cc1. The molecule has 29 heavy (non-hydrogen) atoms. The Labute approximate surface area is 173 Å². The van der Waals surface area contributed by atoms with Crippen molar-refractivity contribution in [3.05, 3.63) is 24.3 Å². The number of nitrogens with zero attached hydrogens (tertiary/aromatic N) is 3. The van der Waals surface area contributed by atoms with Gasteiger partial charge in [-0.3, -0.25) is 4.79 Å². The summed E-state index contributed by atoms with van der Waals surface area (Å²) in [5, 5.41) is 2.77. The second-order valence-corrected chi connectivity index (χ2v) is 11.2. The van der Waals surface area contributed by atoms with Gasteiger partial charge in [0.15, 0.2) is 0 Å². The quantitative estimate of drug-likeness (QED) is 0.645. The Balaban J connectivity index is 2.08. The van der Waals surface area contributed by atoms with Crippen molar-refractivity contribution >= 4 is 31.8 Å². The predicted molar refractivity (Wildman–Crippen MR) is 112 cm³/mol. The van der Waals surface area contributed by atoms with Crippen LogP contribution >= 0.6 is 0 Å². The van der Waals surface area contributed by atoms with Crippen LogP contribution in [0, 0.1) is 5.92 Å². The molecule has 1 fully saturated rings. The number of anilines is 1. The maximum absolute atomic E-state index is 12.6. The van der Waals surface area contributed by atoms with Gasteiger partial charge in [-0.25, -0.2) is 8.42 Å². The molecule has 1 aromatic rings. The van der Waals surface area contributed by atoms with E-state index in [1.54, 1.807) is 26.0 Å². The van der Waals surface area contributed by atoms with Gasteiger partial charge in [-0.15, -0.1) is 0 Å². The van der Waals surface area contributed by atoms with E-state index < -0.39 is 26.2 Å². The van der Waals surface area contributed by atoms with E-state index in [1.165, 1.54) is 34.8 Å². The van der Waals surface area contributed by atoms with Gasteiger partial charge < -0.3 is 5.32 Å². The molecule has 1 heterocycles. The molecule has 1 aromatic carbocycles. The molecule has 1 amide bonds. The van der Waals surface area contributed by atoms with Crippen LogP contribution in [0.4, 0.5) is 5.69 Å². The lowest BCUT2D eigenvalue weighted by Gasteiger charge is -2.32. The molecule has 164 valence electrons. The van der Waals surface area contributed by atoms with Crippen molar-refractivity contribution in [1.29, 1.82) is 0 Å². The molecule has 0 radical (unpaired) electrons. The van der Waals surface area contributed by atoms with E-state index in [0.29, 0.717) is 38.2 Å². The van der Waals surface area contributed by atoms with Gasteiger partial charge in [-0.1, -0.05) is 13.8 Å². The van der Waals surface area contributed by atoms with E-state index in [1.807, 2.05) is 0 Å². The number of piperidine rings is 1. The average molecular weight is 447 g/mol. The Bertz CT molecular complexity index is 910. The first kappa shape index (κ1) is 23.7. The van der Waals surface area contributed by atoms with E-state index in [-0.39, 0.29) is 17.3 Å². The highest BCUT2D eigenvalue weighted by atomic mass is 32.2. The maximum Gasteiger partial charge on any atom is 0.281 e. The Morgan fingerprint density at radius 1 is 1.10 bits per heavy atom. The Morgan fingerprint density at radius 2 is 1.69 bits per heavy atom. The first-order valence-corrected chi connectivity index (χ1v) is 12.5. The van der Waals surface area contributed by atoms with Crippen molar-refractivity contribution in [2.75, 3.05) is 45.6 Å². The first-order chi connectivity index (χ1) is 13.5. The van der Waals surface area contributed by atoms with Crippen LogP contribution in [-0.4, -0.2) is 75.9 Å². The molecular weight excluding hydrogens is 416 g/mol. The van der Waals surface area contributed by atoms with Crippen molar-refractivity contribution in [2.24, 2.45) is 5.92 Å². The molecule has 1 aliphatic heterocycles. The zero-order valence-electron chi connectivity index (χ0n) is 17.3. The minimum Gasteiger partial charge on any atom is -0.326 e. The van der Waals surface area contributed by atoms with Gasteiger partial charge in [-0.2, -0.15) is 21.3 Å². The summed E-state index contributed by atoms with van der Waals surface area (Å²) >= 11 is 0. The lowest BCUT2D eigenvalue weighted by atomic mass is 9.99. The molecule has 1 aliphatic rings. The summed E-state index contributed by atoms with van der Waals surface area (Å²) in [5.74, 6) is -0.736. The summed E-state index contributed by atoms with van der Waals surface area (Å²) in [6, 6.07) is 6.02. The van der Waals surface area contributed by atoms with Crippen molar-refractivity contribution < 1.29 is 21.6 Å². The smallest absolute Gasteiger partial charge is 0.281 e. The fourth-order valence-corrected chi connectivity index (χ4v) is 5.91. The van der Waals surface area contributed by atoms with Gasteiger partial charge in [0.2, 0.25) is 15.9 Å². The molecule has 0 unspecified atom stereocenters. The van der Waals surface area contributed by atoms with Crippen LogP contribution in [0.2, 0.25) is 0 Å². The van der Waals surface area contributed by atoms with Gasteiger partial charge in [0.05, 0.1) is 10.8 Å². The van der Waals surface area contributed by atoms with Gasteiger partial charge in [-0.05, 0) is 37.1 Å². The number of hydrogen-bond donors (Lipinski definition) is 1. The second-order valence-electron chi connectivity index (χ2n) is 7.09. The largest absolute Gasteiger partial charge is 0.326 e. The van der Waals surface area contributed by atoms with Gasteiger partial charge in [0.1, 0.15) is 0 Å². The summed E-state index contributed by atoms with van der Waals surface area (Å²) in [6.07, 6.45) is 1.20. The maximum atomic E-state index is 12.6. The van der Waals surface area contributed by atoms with E-state index in [0.717, 1.165) is 4.31 Å². The van der Waals surface area contributed by atoms with Gasteiger partial charge in [0, 0.05) is 46.0 Å². The molecule has 0 bridgehead atoms. The van der Waals surface area contributed by atoms with Crippen LogP contribution in [0.1, 0.15) is 26.7 Å². The topological polar surface area (TPSA) is 107 Å². The number of hydrogen-bond acceptors (Lipinski definition) is 5. The summed E-state index contributed by atoms with van der Waals surface area (Å²) in [5.41, 5.74) is 0.473. The van der Waals surface area contributed by atoms with E-state index in [2.05, 4.69) is 5.32 Å². The van der Waals surface area contributed by atoms with Crippen molar-refractivity contribution in [3.8, 4) is 0 Å². The van der Waals surface area contributed by atoms with E-state index in [4.69, 9.17) is 0 Å². The fraction of sp³-hybridized carbons (Fsp3) is 0.611. The molecular formula is C18H30N4O5S2. The third-order valence-corrected chi connectivity index (χ3v) is 8.98. The average Bonchev–Trinajstić information content (AvgIpc) is 2.69. The third-order valence-electron chi connectivity index (χ3n) is 5.01. The number of carbonyl (C=O) groups excluding carboxylic acids is 1. The summed E-state index contributed by atoms with van der Waals surface area (Å²) in [6.45, 7) is 4.83. The van der Waals surface area contributed by atoms with E-state index >= 15 is 0 Å². The summed E-state index contributed by atoms with van der Waals surface area (Å²) in [4.78, 5) is 12.8. The normalized spacial score (nSPS) is 18.9. The predicted octanol–water partition coefficient (Wildman–Crippen LogP) is 1.17. The molecule has 0 aromatic heterocycles. The minimum absolute atomic E-state index is 0.126. The van der Waals surface area contributed by atoms with Crippen molar-refractivity contribution in [1.82, 2.24) is 12.9 Å². The first-order valence-electron chi connectivity index (χ1n) is 9.62. The van der Waals surface area contributed by atoms with Crippen LogP contribution in [0.5, 0.6) is 0 Å². The van der Waals surface area contributed by atoms with Crippen LogP contribution in [0.25, 0.3) is 0 Å². The Hall–Kier alpha value is -1.53. The zero-order valence-corrected chi connectivity index (χ0v) is 19.0. The highest BCUT2D eigenvalue weighted by molar-refractivity contribution is 7.89. The zero-order chi connectivity index (χ0) is 21.8. The van der Waals surface area contributed by atoms with Crippen LogP contribution in [-0.2, 0) is 25.0 Å². The summed E-state index contributed by atoms with van der Waals surface area (Å²) < 4.78 is 53.5. The monoisotopic (exact) mass is 446 g/mol. The number of rotatable bonds is 8. The number of sulfonamides is 1. The number of nitrogens with one attached hydrogen (secondary N) is 1. The van der Waals surface area contributed by atoms with Crippen LogP contribution in [0.15, 0.2) is 29.2 Å². The standard InChI is InChI=1S/C18H30N4O5S2/c1-5-21(6-2)28(24,25)17-11-9-16(10-12-17)19-18(23)15-8-7-13-22(14-15)29(26,27)20(3)4/h9-12,15H,5-8,13-14H2,1-4H3,(H,19,23)/t15-/m1/s1.